The Morgan fingerprint density at radius 3 is 2.89 bits per heavy atom. The van der Waals surface area contributed by atoms with E-state index in [1.807, 2.05) is 11.3 Å². The van der Waals surface area contributed by atoms with Crippen LogP contribution in [-0.4, -0.2) is 18.8 Å². The van der Waals surface area contributed by atoms with E-state index < -0.39 is 0 Å². The Hall–Kier alpha value is -0.380. The number of hydrogen-bond acceptors (Lipinski definition) is 3. The Morgan fingerprint density at radius 2 is 2.33 bits per heavy atom. The van der Waals surface area contributed by atoms with Crippen LogP contribution < -0.4 is 5.32 Å². The van der Waals surface area contributed by atoms with Crippen LogP contribution in [0.3, 0.4) is 0 Å². The zero-order chi connectivity index (χ0) is 13.2. The van der Waals surface area contributed by atoms with Gasteiger partial charge in [0.1, 0.15) is 0 Å². The molecule has 1 aliphatic carbocycles. The van der Waals surface area contributed by atoms with Gasteiger partial charge in [0.2, 0.25) is 0 Å². The van der Waals surface area contributed by atoms with Gasteiger partial charge in [-0.3, -0.25) is 0 Å². The van der Waals surface area contributed by atoms with Crippen molar-refractivity contribution in [2.45, 2.75) is 58.7 Å². The molecule has 1 N–H and O–H groups in total. The average Bonchev–Trinajstić information content (AvgIpc) is 2.90. The molecule has 4 unspecified atom stereocenters. The molecule has 102 valence electrons. The van der Waals surface area contributed by atoms with E-state index in [-0.39, 0.29) is 0 Å². The predicted molar refractivity (Wildman–Crippen MR) is 78.1 cm³/mol. The first kappa shape index (κ1) is 14.0. The number of ether oxygens (including phenoxy) is 1. The molecule has 0 aromatic carbocycles. The van der Waals surface area contributed by atoms with E-state index in [1.165, 1.54) is 11.3 Å². The van der Waals surface area contributed by atoms with Gasteiger partial charge in [0.05, 0.1) is 6.10 Å². The lowest BCUT2D eigenvalue weighted by Gasteiger charge is -2.54. The maximum atomic E-state index is 5.85. The van der Waals surface area contributed by atoms with Crippen molar-refractivity contribution in [2.75, 3.05) is 6.61 Å². The summed E-state index contributed by atoms with van der Waals surface area (Å²) in [6.07, 6.45) is 2.75. The highest BCUT2D eigenvalue weighted by molar-refractivity contribution is 7.10. The molecule has 0 bridgehead atoms. The molecule has 0 saturated heterocycles. The van der Waals surface area contributed by atoms with Crippen LogP contribution in [0.5, 0.6) is 0 Å². The number of rotatable bonds is 6. The molecule has 1 saturated carbocycles. The maximum absolute atomic E-state index is 5.85. The number of thiophene rings is 1. The van der Waals surface area contributed by atoms with Gasteiger partial charge >= 0.3 is 0 Å². The van der Waals surface area contributed by atoms with E-state index in [0.717, 1.165) is 13.0 Å². The summed E-state index contributed by atoms with van der Waals surface area (Å²) in [5, 5.41) is 5.93. The lowest BCUT2D eigenvalue weighted by molar-refractivity contribution is -0.127. The second kappa shape index (κ2) is 5.72. The lowest BCUT2D eigenvalue weighted by Crippen LogP contribution is -2.62. The standard InChI is InChI=1S/C15H25NOS/c1-5-15(4)13(10-14(15)17-6-2)16-11(3)12-8-7-9-18-12/h7-9,11,13-14,16H,5-6,10H2,1-4H3. The Labute approximate surface area is 115 Å². The van der Waals surface area contributed by atoms with Crippen LogP contribution >= 0.6 is 11.3 Å². The highest BCUT2D eigenvalue weighted by Crippen LogP contribution is 2.46. The summed E-state index contributed by atoms with van der Waals surface area (Å²) >= 11 is 1.83. The summed E-state index contributed by atoms with van der Waals surface area (Å²) in [5.74, 6) is 0. The average molecular weight is 267 g/mol. The molecular weight excluding hydrogens is 242 g/mol. The van der Waals surface area contributed by atoms with Gasteiger partial charge in [-0.1, -0.05) is 19.9 Å². The first-order valence-electron chi connectivity index (χ1n) is 7.02. The molecule has 1 fully saturated rings. The fraction of sp³-hybridized carbons (Fsp3) is 0.733. The zero-order valence-corrected chi connectivity index (χ0v) is 12.7. The van der Waals surface area contributed by atoms with E-state index in [4.69, 9.17) is 4.74 Å². The van der Waals surface area contributed by atoms with Crippen LogP contribution in [0.1, 0.15) is 51.5 Å². The van der Waals surface area contributed by atoms with Crippen LogP contribution in [-0.2, 0) is 4.74 Å². The first-order chi connectivity index (χ1) is 8.61. The predicted octanol–water partition coefficient (Wildman–Crippen LogP) is 3.99. The molecule has 2 nitrogen and oxygen atoms in total. The fourth-order valence-corrected chi connectivity index (χ4v) is 3.67. The third-order valence-electron chi connectivity index (χ3n) is 4.53. The molecule has 18 heavy (non-hydrogen) atoms. The van der Waals surface area contributed by atoms with E-state index in [9.17, 15) is 0 Å². The minimum atomic E-state index is 0.293. The molecule has 4 atom stereocenters. The summed E-state index contributed by atoms with van der Waals surface area (Å²) in [6.45, 7) is 9.81. The van der Waals surface area contributed by atoms with Crippen molar-refractivity contribution in [1.82, 2.24) is 5.32 Å². The highest BCUT2D eigenvalue weighted by atomic mass is 32.1. The van der Waals surface area contributed by atoms with Crippen LogP contribution in [0, 0.1) is 5.41 Å². The first-order valence-corrected chi connectivity index (χ1v) is 7.90. The zero-order valence-electron chi connectivity index (χ0n) is 11.9. The molecule has 1 aliphatic rings. The van der Waals surface area contributed by atoms with Gasteiger partial charge in [-0.2, -0.15) is 0 Å². The van der Waals surface area contributed by atoms with Crippen molar-refractivity contribution < 1.29 is 4.74 Å². The monoisotopic (exact) mass is 267 g/mol. The van der Waals surface area contributed by atoms with Crippen LogP contribution in [0.15, 0.2) is 17.5 Å². The summed E-state index contributed by atoms with van der Waals surface area (Å²) in [6, 6.07) is 5.37. The second-order valence-electron chi connectivity index (χ2n) is 5.50. The fourth-order valence-electron chi connectivity index (χ4n) is 2.93. The van der Waals surface area contributed by atoms with Gasteiger partial charge < -0.3 is 10.1 Å². The molecule has 0 amide bonds. The van der Waals surface area contributed by atoms with Gasteiger partial charge in [0.25, 0.3) is 0 Å². The Morgan fingerprint density at radius 1 is 1.56 bits per heavy atom. The molecule has 1 aromatic heterocycles. The largest absolute Gasteiger partial charge is 0.378 e. The van der Waals surface area contributed by atoms with Crippen LogP contribution in [0.4, 0.5) is 0 Å². The van der Waals surface area contributed by atoms with Gasteiger partial charge in [-0.15, -0.1) is 11.3 Å². The van der Waals surface area contributed by atoms with Crippen molar-refractivity contribution in [2.24, 2.45) is 5.41 Å². The van der Waals surface area contributed by atoms with Gasteiger partial charge in [-0.25, -0.2) is 0 Å². The van der Waals surface area contributed by atoms with Gasteiger partial charge in [-0.05, 0) is 38.1 Å². The van der Waals surface area contributed by atoms with Crippen molar-refractivity contribution in [3.8, 4) is 0 Å². The SMILES string of the molecule is CCOC1CC(NC(C)c2cccs2)C1(C)CC. The summed E-state index contributed by atoms with van der Waals surface area (Å²) < 4.78 is 5.85. The summed E-state index contributed by atoms with van der Waals surface area (Å²) in [4.78, 5) is 1.42. The van der Waals surface area contributed by atoms with Crippen molar-refractivity contribution in [3.63, 3.8) is 0 Å². The smallest absolute Gasteiger partial charge is 0.0658 e. The molecule has 0 spiro atoms. The van der Waals surface area contributed by atoms with Gasteiger partial charge in [0.15, 0.2) is 0 Å². The highest BCUT2D eigenvalue weighted by Gasteiger charge is 2.51. The topological polar surface area (TPSA) is 21.3 Å². The van der Waals surface area contributed by atoms with Crippen molar-refractivity contribution >= 4 is 11.3 Å². The molecule has 1 aromatic rings. The Bertz CT molecular complexity index is 365. The van der Waals surface area contributed by atoms with E-state index in [1.54, 1.807) is 0 Å². The van der Waals surface area contributed by atoms with Crippen LogP contribution in [0.2, 0.25) is 0 Å². The summed E-state index contributed by atoms with van der Waals surface area (Å²) in [5.41, 5.74) is 0.293. The molecule has 3 heteroatoms. The maximum Gasteiger partial charge on any atom is 0.0658 e. The molecule has 2 rings (SSSR count). The minimum Gasteiger partial charge on any atom is -0.378 e. The number of hydrogen-bond donors (Lipinski definition) is 1. The third-order valence-corrected chi connectivity index (χ3v) is 5.59. The van der Waals surface area contributed by atoms with Gasteiger partial charge in [0, 0.05) is 29.0 Å². The molecule has 1 heterocycles. The third kappa shape index (κ3) is 2.49. The molecule has 0 aliphatic heterocycles. The lowest BCUT2D eigenvalue weighted by atomic mass is 9.61. The number of nitrogens with one attached hydrogen (secondary N) is 1. The van der Waals surface area contributed by atoms with E-state index >= 15 is 0 Å². The second-order valence-corrected chi connectivity index (χ2v) is 6.47. The quantitative estimate of drug-likeness (QED) is 0.841. The van der Waals surface area contributed by atoms with E-state index in [2.05, 4.69) is 50.5 Å². The van der Waals surface area contributed by atoms with Crippen molar-refractivity contribution in [1.29, 1.82) is 0 Å². The van der Waals surface area contributed by atoms with Crippen molar-refractivity contribution in [3.05, 3.63) is 22.4 Å². The Kier molecular flexibility index (Phi) is 4.46. The summed E-state index contributed by atoms with van der Waals surface area (Å²) in [7, 11) is 0. The minimum absolute atomic E-state index is 0.293. The van der Waals surface area contributed by atoms with E-state index in [0.29, 0.717) is 23.6 Å². The normalized spacial score (nSPS) is 33.1. The Balaban J connectivity index is 1.95. The van der Waals surface area contributed by atoms with Crippen LogP contribution in [0.25, 0.3) is 0 Å². The molecule has 0 radical (unpaired) electrons. The molecular formula is C15H25NOS.